The number of rotatable bonds is 8. The lowest BCUT2D eigenvalue weighted by Crippen LogP contribution is -2.41. The first-order valence-corrected chi connectivity index (χ1v) is 11.8. The van der Waals surface area contributed by atoms with Gasteiger partial charge in [0.2, 0.25) is 5.91 Å². The van der Waals surface area contributed by atoms with E-state index in [-0.39, 0.29) is 22.4 Å². The summed E-state index contributed by atoms with van der Waals surface area (Å²) < 4.78 is 33.5. The monoisotopic (exact) mass is 472 g/mol. The van der Waals surface area contributed by atoms with Crippen LogP contribution in [-0.4, -0.2) is 28.0 Å². The average Bonchev–Trinajstić information content (AvgIpc) is 2.78. The average molecular weight is 473 g/mol. The molecule has 0 unspecified atom stereocenters. The van der Waals surface area contributed by atoms with Gasteiger partial charge >= 0.3 is 0 Å². The van der Waals surface area contributed by atoms with Gasteiger partial charge in [-0.3, -0.25) is 9.10 Å². The van der Waals surface area contributed by atoms with Crippen molar-refractivity contribution in [3.8, 4) is 5.75 Å². The molecule has 1 N–H and O–H groups in total. The Morgan fingerprint density at radius 2 is 1.72 bits per heavy atom. The minimum absolute atomic E-state index is 0.0639. The van der Waals surface area contributed by atoms with E-state index in [1.165, 1.54) is 25.3 Å². The molecule has 0 aliphatic carbocycles. The molecule has 0 bridgehead atoms. The Morgan fingerprint density at radius 3 is 2.34 bits per heavy atom. The normalized spacial score (nSPS) is 12.1. The van der Waals surface area contributed by atoms with Crippen LogP contribution in [0.1, 0.15) is 24.1 Å². The van der Waals surface area contributed by atoms with Crippen molar-refractivity contribution in [1.29, 1.82) is 0 Å². The molecule has 0 fully saturated rings. The number of ether oxygens (including phenoxy) is 1. The molecule has 0 aliphatic heterocycles. The van der Waals surface area contributed by atoms with E-state index in [4.69, 9.17) is 16.3 Å². The van der Waals surface area contributed by atoms with Gasteiger partial charge in [-0.25, -0.2) is 8.42 Å². The number of methoxy groups -OCH3 is 1. The Bertz CT molecular complexity index is 1180. The number of nitrogens with zero attached hydrogens (tertiary/aromatic N) is 1. The minimum atomic E-state index is -4.08. The zero-order valence-electron chi connectivity index (χ0n) is 18.1. The maximum absolute atomic E-state index is 13.6. The summed E-state index contributed by atoms with van der Waals surface area (Å²) in [7, 11) is -2.65. The predicted octanol–water partition coefficient (Wildman–Crippen LogP) is 4.73. The van der Waals surface area contributed by atoms with Gasteiger partial charge < -0.3 is 10.1 Å². The number of carbonyl (C=O) groups is 1. The summed E-state index contributed by atoms with van der Waals surface area (Å²) in [6.07, 6.45) is 0. The molecule has 0 saturated carbocycles. The number of amides is 1. The molecule has 0 spiro atoms. The SMILES string of the molecule is COc1ccc(Cl)cc1N(CC(=O)N[C@H](C)c1ccccc1)S(=O)(=O)c1ccc(C)cc1. The largest absolute Gasteiger partial charge is 0.495 e. The lowest BCUT2D eigenvalue weighted by molar-refractivity contribution is -0.120. The first kappa shape index (κ1) is 23.6. The highest BCUT2D eigenvalue weighted by Crippen LogP contribution is 2.34. The van der Waals surface area contributed by atoms with E-state index in [0.717, 1.165) is 15.4 Å². The second-order valence-electron chi connectivity index (χ2n) is 7.34. The third kappa shape index (κ3) is 5.41. The molecule has 8 heteroatoms. The molecule has 168 valence electrons. The third-order valence-electron chi connectivity index (χ3n) is 4.98. The quantitative estimate of drug-likeness (QED) is 0.514. The molecular formula is C24H25ClN2O4S. The first-order chi connectivity index (χ1) is 15.2. The molecule has 3 aromatic rings. The molecule has 1 amide bonds. The summed E-state index contributed by atoms with van der Waals surface area (Å²) in [5.74, 6) is -0.173. The van der Waals surface area contributed by atoms with Crippen LogP contribution in [0.5, 0.6) is 5.75 Å². The maximum Gasteiger partial charge on any atom is 0.264 e. The molecule has 3 rings (SSSR count). The third-order valence-corrected chi connectivity index (χ3v) is 6.99. The van der Waals surface area contributed by atoms with Crippen molar-refractivity contribution < 1.29 is 17.9 Å². The highest BCUT2D eigenvalue weighted by molar-refractivity contribution is 7.92. The van der Waals surface area contributed by atoms with Crippen molar-refractivity contribution in [2.45, 2.75) is 24.8 Å². The number of hydrogen-bond acceptors (Lipinski definition) is 4. The van der Waals surface area contributed by atoms with Gasteiger partial charge in [0.05, 0.1) is 23.7 Å². The second kappa shape index (κ2) is 10.1. The minimum Gasteiger partial charge on any atom is -0.495 e. The molecule has 0 aromatic heterocycles. The first-order valence-electron chi connectivity index (χ1n) is 9.99. The fraction of sp³-hybridized carbons (Fsp3) is 0.208. The Hall–Kier alpha value is -3.03. The Labute approximate surface area is 193 Å². The van der Waals surface area contributed by atoms with Crippen LogP contribution in [0.3, 0.4) is 0 Å². The van der Waals surface area contributed by atoms with Crippen molar-refractivity contribution >= 4 is 33.2 Å². The maximum atomic E-state index is 13.6. The van der Waals surface area contributed by atoms with Crippen LogP contribution in [0.25, 0.3) is 0 Å². The van der Waals surface area contributed by atoms with E-state index in [1.807, 2.05) is 44.2 Å². The van der Waals surface area contributed by atoms with Crippen LogP contribution in [0.2, 0.25) is 5.02 Å². The van der Waals surface area contributed by atoms with Crippen molar-refractivity contribution in [1.82, 2.24) is 5.32 Å². The van der Waals surface area contributed by atoms with E-state index >= 15 is 0 Å². The summed E-state index contributed by atoms with van der Waals surface area (Å²) in [4.78, 5) is 13.0. The smallest absolute Gasteiger partial charge is 0.264 e. The van der Waals surface area contributed by atoms with Crippen LogP contribution in [0, 0.1) is 6.92 Å². The van der Waals surface area contributed by atoms with Gasteiger partial charge in [-0.2, -0.15) is 0 Å². The fourth-order valence-corrected chi connectivity index (χ4v) is 4.83. The lowest BCUT2D eigenvalue weighted by Gasteiger charge is -2.26. The van der Waals surface area contributed by atoms with Gasteiger partial charge in [0.15, 0.2) is 0 Å². The summed E-state index contributed by atoms with van der Waals surface area (Å²) >= 11 is 6.16. The van der Waals surface area contributed by atoms with Gasteiger partial charge in [0.25, 0.3) is 10.0 Å². The van der Waals surface area contributed by atoms with Gasteiger partial charge in [-0.05, 0) is 49.7 Å². The molecule has 3 aromatic carbocycles. The Morgan fingerprint density at radius 1 is 1.06 bits per heavy atom. The van der Waals surface area contributed by atoms with Crippen LogP contribution < -0.4 is 14.4 Å². The number of carbonyl (C=O) groups excluding carboxylic acids is 1. The van der Waals surface area contributed by atoms with E-state index in [0.29, 0.717) is 5.02 Å². The summed E-state index contributed by atoms with van der Waals surface area (Å²) in [6, 6.07) is 20.2. The Kier molecular flexibility index (Phi) is 7.43. The predicted molar refractivity (Wildman–Crippen MR) is 127 cm³/mol. The lowest BCUT2D eigenvalue weighted by atomic mass is 10.1. The van der Waals surface area contributed by atoms with E-state index < -0.39 is 22.5 Å². The van der Waals surface area contributed by atoms with Gasteiger partial charge in [-0.1, -0.05) is 59.6 Å². The molecule has 0 aliphatic rings. The molecule has 1 atom stereocenters. The van der Waals surface area contributed by atoms with Crippen LogP contribution >= 0.6 is 11.6 Å². The summed E-state index contributed by atoms with van der Waals surface area (Å²) in [5.41, 5.74) is 2.02. The molecule has 0 radical (unpaired) electrons. The molecule has 0 saturated heterocycles. The number of halogens is 1. The van der Waals surface area contributed by atoms with Crippen LogP contribution in [-0.2, 0) is 14.8 Å². The van der Waals surface area contributed by atoms with Crippen molar-refractivity contribution in [2.24, 2.45) is 0 Å². The van der Waals surface area contributed by atoms with Crippen molar-refractivity contribution in [2.75, 3.05) is 18.0 Å². The highest BCUT2D eigenvalue weighted by Gasteiger charge is 2.30. The van der Waals surface area contributed by atoms with E-state index in [1.54, 1.807) is 24.3 Å². The van der Waals surface area contributed by atoms with Gasteiger partial charge in [-0.15, -0.1) is 0 Å². The van der Waals surface area contributed by atoms with E-state index in [9.17, 15) is 13.2 Å². The Balaban J connectivity index is 1.98. The second-order valence-corrected chi connectivity index (χ2v) is 9.64. The van der Waals surface area contributed by atoms with Crippen LogP contribution in [0.15, 0.2) is 77.7 Å². The van der Waals surface area contributed by atoms with Crippen LogP contribution in [0.4, 0.5) is 5.69 Å². The summed E-state index contributed by atoms with van der Waals surface area (Å²) in [5, 5.41) is 3.18. The fourth-order valence-electron chi connectivity index (χ4n) is 3.24. The molecular weight excluding hydrogens is 448 g/mol. The van der Waals surface area contributed by atoms with Gasteiger partial charge in [0.1, 0.15) is 12.3 Å². The highest BCUT2D eigenvalue weighted by atomic mass is 35.5. The number of anilines is 1. The number of nitrogens with one attached hydrogen (secondary N) is 1. The number of hydrogen-bond donors (Lipinski definition) is 1. The van der Waals surface area contributed by atoms with Gasteiger partial charge in [0, 0.05) is 5.02 Å². The van der Waals surface area contributed by atoms with Crippen molar-refractivity contribution in [3.63, 3.8) is 0 Å². The number of benzene rings is 3. The molecule has 6 nitrogen and oxygen atoms in total. The molecule has 0 heterocycles. The zero-order chi connectivity index (χ0) is 23.3. The summed E-state index contributed by atoms with van der Waals surface area (Å²) in [6.45, 7) is 3.27. The zero-order valence-corrected chi connectivity index (χ0v) is 19.7. The number of sulfonamides is 1. The van der Waals surface area contributed by atoms with E-state index in [2.05, 4.69) is 5.32 Å². The standard InChI is InChI=1S/C24H25ClN2O4S/c1-17-9-12-21(13-10-17)32(29,30)27(22-15-20(25)11-14-23(22)31-3)16-24(28)26-18(2)19-7-5-4-6-8-19/h4-15,18H,16H2,1-3H3,(H,26,28)/t18-/m1/s1. The topological polar surface area (TPSA) is 75.7 Å². The molecule has 32 heavy (non-hydrogen) atoms. The van der Waals surface area contributed by atoms with Crippen molar-refractivity contribution in [3.05, 3.63) is 88.9 Å². The number of aryl methyl sites for hydroxylation is 1.